The van der Waals surface area contributed by atoms with Gasteiger partial charge in [0.25, 0.3) is 0 Å². The highest BCUT2D eigenvalue weighted by atomic mass is 32.1. The van der Waals surface area contributed by atoms with Gasteiger partial charge in [0.05, 0.1) is 18.4 Å². The molecule has 0 spiro atoms. The Morgan fingerprint density at radius 1 is 0.821 bits per heavy atom. The van der Waals surface area contributed by atoms with E-state index in [9.17, 15) is 5.26 Å². The smallest absolute Gasteiger partial charge is 0.162 e. The van der Waals surface area contributed by atoms with Gasteiger partial charge in [0.2, 0.25) is 0 Å². The first-order chi connectivity index (χ1) is 19.2. The minimum Gasteiger partial charge on any atom is -0.497 e. The highest BCUT2D eigenvalue weighted by molar-refractivity contribution is 7.11. The van der Waals surface area contributed by atoms with Gasteiger partial charge in [0.15, 0.2) is 11.5 Å². The zero-order chi connectivity index (χ0) is 26.9. The number of hydrogen-bond acceptors (Lipinski definition) is 6. The molecule has 5 nitrogen and oxygen atoms in total. The number of benzene rings is 4. The van der Waals surface area contributed by atoms with Crippen LogP contribution in [0.2, 0.25) is 0 Å². The molecule has 1 heterocycles. The summed E-state index contributed by atoms with van der Waals surface area (Å²) in [4.78, 5) is 4.71. The van der Waals surface area contributed by atoms with Crippen LogP contribution in [0.3, 0.4) is 0 Å². The maximum absolute atomic E-state index is 9.95. The Balaban J connectivity index is 1.40. The molecular formula is C33H26N2O3S. The van der Waals surface area contributed by atoms with Crippen LogP contribution in [-0.2, 0) is 13.2 Å². The predicted molar refractivity (Wildman–Crippen MR) is 156 cm³/mol. The molecule has 0 N–H and O–H groups in total. The Bertz CT molecular complexity index is 1590. The zero-order valence-corrected chi connectivity index (χ0v) is 22.2. The average molecular weight is 531 g/mol. The third-order valence-electron chi connectivity index (χ3n) is 5.99. The van der Waals surface area contributed by atoms with Gasteiger partial charge >= 0.3 is 0 Å². The number of nitriles is 1. The van der Waals surface area contributed by atoms with Gasteiger partial charge in [-0.1, -0.05) is 66.7 Å². The lowest BCUT2D eigenvalue weighted by atomic mass is 10.1. The van der Waals surface area contributed by atoms with Crippen molar-refractivity contribution in [3.05, 3.63) is 130 Å². The first-order valence-electron chi connectivity index (χ1n) is 12.4. The molecular weight excluding hydrogens is 504 g/mol. The van der Waals surface area contributed by atoms with Crippen LogP contribution >= 0.6 is 11.3 Å². The van der Waals surface area contributed by atoms with Crippen LogP contribution in [0.4, 0.5) is 0 Å². The van der Waals surface area contributed by atoms with Crippen LogP contribution in [0.15, 0.2) is 109 Å². The predicted octanol–water partition coefficient (Wildman–Crippen LogP) is 8.04. The number of nitrogens with zero attached hydrogens (tertiary/aromatic N) is 2. The van der Waals surface area contributed by atoms with Gasteiger partial charge in [0.1, 0.15) is 30.0 Å². The third kappa shape index (κ3) is 6.72. The molecule has 0 aliphatic rings. The fourth-order valence-electron chi connectivity index (χ4n) is 3.92. The topological polar surface area (TPSA) is 64.4 Å². The molecule has 0 radical (unpaired) electrons. The molecule has 5 rings (SSSR count). The molecule has 0 unspecified atom stereocenters. The van der Waals surface area contributed by atoms with E-state index in [1.807, 2.05) is 115 Å². The van der Waals surface area contributed by atoms with E-state index >= 15 is 0 Å². The number of aromatic nitrogens is 1. The number of rotatable bonds is 10. The second-order valence-electron chi connectivity index (χ2n) is 8.69. The Hall–Kier alpha value is -4.86. The first kappa shape index (κ1) is 25.8. The van der Waals surface area contributed by atoms with E-state index in [-0.39, 0.29) is 0 Å². The highest BCUT2D eigenvalue weighted by Gasteiger charge is 2.12. The van der Waals surface area contributed by atoms with Crippen molar-refractivity contribution < 1.29 is 14.2 Å². The zero-order valence-electron chi connectivity index (χ0n) is 21.4. The van der Waals surface area contributed by atoms with Crippen LogP contribution in [0.1, 0.15) is 21.7 Å². The molecule has 5 aromatic rings. The number of thiazole rings is 1. The van der Waals surface area contributed by atoms with Crippen molar-refractivity contribution in [1.82, 2.24) is 4.98 Å². The van der Waals surface area contributed by atoms with Crippen LogP contribution in [0.25, 0.3) is 22.9 Å². The molecule has 0 amide bonds. The van der Waals surface area contributed by atoms with E-state index in [0.717, 1.165) is 33.7 Å². The third-order valence-corrected chi connectivity index (χ3v) is 6.87. The number of hydrogen-bond donors (Lipinski definition) is 0. The van der Waals surface area contributed by atoms with Crippen LogP contribution in [-0.4, -0.2) is 12.1 Å². The molecule has 0 aliphatic carbocycles. The molecule has 39 heavy (non-hydrogen) atoms. The van der Waals surface area contributed by atoms with Crippen molar-refractivity contribution in [1.29, 1.82) is 5.26 Å². The maximum Gasteiger partial charge on any atom is 0.162 e. The normalized spacial score (nSPS) is 11.0. The minimum absolute atomic E-state index is 0.401. The summed E-state index contributed by atoms with van der Waals surface area (Å²) in [6.07, 6.45) is 1.83. The molecule has 0 fully saturated rings. The molecule has 4 aromatic carbocycles. The van der Waals surface area contributed by atoms with Crippen molar-refractivity contribution in [3.63, 3.8) is 0 Å². The van der Waals surface area contributed by atoms with E-state index in [0.29, 0.717) is 35.3 Å². The van der Waals surface area contributed by atoms with Gasteiger partial charge in [0, 0.05) is 10.9 Å². The monoisotopic (exact) mass is 530 g/mol. The largest absolute Gasteiger partial charge is 0.497 e. The van der Waals surface area contributed by atoms with Crippen molar-refractivity contribution in [3.8, 4) is 34.6 Å². The van der Waals surface area contributed by atoms with E-state index in [1.54, 1.807) is 7.11 Å². The Morgan fingerprint density at radius 3 is 2.08 bits per heavy atom. The quantitative estimate of drug-likeness (QED) is 0.171. The van der Waals surface area contributed by atoms with Crippen molar-refractivity contribution in [2.75, 3.05) is 7.11 Å². The van der Waals surface area contributed by atoms with Gasteiger partial charge in [-0.3, -0.25) is 0 Å². The van der Waals surface area contributed by atoms with Crippen molar-refractivity contribution in [2.45, 2.75) is 13.2 Å². The molecule has 0 saturated carbocycles. The van der Waals surface area contributed by atoms with Gasteiger partial charge in [-0.15, -0.1) is 11.3 Å². The summed E-state index contributed by atoms with van der Waals surface area (Å²) in [6.45, 7) is 0.826. The summed E-state index contributed by atoms with van der Waals surface area (Å²) < 4.78 is 17.6. The molecule has 6 heteroatoms. The summed E-state index contributed by atoms with van der Waals surface area (Å²) in [7, 11) is 1.64. The Labute approximate surface area is 232 Å². The van der Waals surface area contributed by atoms with Gasteiger partial charge < -0.3 is 14.2 Å². The average Bonchev–Trinajstić information content (AvgIpc) is 3.49. The SMILES string of the molecule is COc1ccc(-c2csc(C(C#N)=Cc3ccc(OCc4ccccc4)c(OCc4ccccc4)c3)n2)cc1. The summed E-state index contributed by atoms with van der Waals surface area (Å²) in [5, 5.41) is 12.6. The van der Waals surface area contributed by atoms with Crippen LogP contribution < -0.4 is 14.2 Å². The number of ether oxygens (including phenoxy) is 3. The second-order valence-corrected chi connectivity index (χ2v) is 9.55. The Morgan fingerprint density at radius 2 is 1.46 bits per heavy atom. The number of allylic oxidation sites excluding steroid dienone is 1. The molecule has 0 aliphatic heterocycles. The molecule has 0 saturated heterocycles. The lowest BCUT2D eigenvalue weighted by Crippen LogP contribution is -2.01. The lowest BCUT2D eigenvalue weighted by molar-refractivity contribution is 0.256. The van der Waals surface area contributed by atoms with Gasteiger partial charge in [-0.25, -0.2) is 4.98 Å². The summed E-state index contributed by atoms with van der Waals surface area (Å²) in [5.41, 5.74) is 5.20. The Kier molecular flexibility index (Phi) is 8.32. The van der Waals surface area contributed by atoms with E-state index in [4.69, 9.17) is 19.2 Å². The molecule has 192 valence electrons. The minimum atomic E-state index is 0.401. The molecule has 0 bridgehead atoms. The second kappa shape index (κ2) is 12.6. The van der Waals surface area contributed by atoms with E-state index < -0.39 is 0 Å². The van der Waals surface area contributed by atoms with E-state index in [1.165, 1.54) is 11.3 Å². The van der Waals surface area contributed by atoms with Gasteiger partial charge in [-0.2, -0.15) is 5.26 Å². The van der Waals surface area contributed by atoms with Crippen LogP contribution in [0.5, 0.6) is 17.2 Å². The van der Waals surface area contributed by atoms with Crippen LogP contribution in [0, 0.1) is 11.3 Å². The van der Waals surface area contributed by atoms with Gasteiger partial charge in [-0.05, 0) is 59.2 Å². The van der Waals surface area contributed by atoms with E-state index in [2.05, 4.69) is 6.07 Å². The maximum atomic E-state index is 9.95. The summed E-state index contributed by atoms with van der Waals surface area (Å²) in [5.74, 6) is 2.04. The number of methoxy groups -OCH3 is 1. The first-order valence-corrected chi connectivity index (χ1v) is 13.3. The standard InChI is InChI=1S/C33H26N2O3S/c1-36-29-15-13-27(14-16-29)30-23-39-33(35-30)28(20-34)18-26-12-17-31(37-21-24-8-4-2-5-9-24)32(19-26)38-22-25-10-6-3-7-11-25/h2-19,23H,21-22H2,1H3. The summed E-state index contributed by atoms with van der Waals surface area (Å²) in [6, 6.07) is 35.7. The van der Waals surface area contributed by atoms with Crippen molar-refractivity contribution in [2.24, 2.45) is 0 Å². The fourth-order valence-corrected chi connectivity index (χ4v) is 4.71. The fraction of sp³-hybridized carbons (Fsp3) is 0.0909. The summed E-state index contributed by atoms with van der Waals surface area (Å²) >= 11 is 1.44. The highest BCUT2D eigenvalue weighted by Crippen LogP contribution is 2.33. The molecule has 0 atom stereocenters. The lowest BCUT2D eigenvalue weighted by Gasteiger charge is -2.14. The molecule has 1 aromatic heterocycles. The van der Waals surface area contributed by atoms with Crippen molar-refractivity contribution >= 4 is 23.0 Å².